The van der Waals surface area contributed by atoms with Crippen LogP contribution in [0.3, 0.4) is 0 Å². The highest BCUT2D eigenvalue weighted by Crippen LogP contribution is 2.34. The van der Waals surface area contributed by atoms with E-state index < -0.39 is 5.54 Å². The highest BCUT2D eigenvalue weighted by atomic mass is 16.4. The Labute approximate surface area is 139 Å². The fourth-order valence-corrected chi connectivity index (χ4v) is 3.57. The molecule has 2 fully saturated rings. The molecule has 2 aliphatic rings. The zero-order valence-corrected chi connectivity index (χ0v) is 13.3. The van der Waals surface area contributed by atoms with Crippen molar-refractivity contribution in [2.45, 2.75) is 44.2 Å². The Morgan fingerprint density at radius 1 is 1.12 bits per heavy atom. The van der Waals surface area contributed by atoms with E-state index in [1.165, 1.54) is 4.90 Å². The van der Waals surface area contributed by atoms with Crippen LogP contribution in [0.4, 0.5) is 4.79 Å². The van der Waals surface area contributed by atoms with Gasteiger partial charge in [-0.2, -0.15) is 0 Å². The van der Waals surface area contributed by atoms with E-state index in [1.807, 2.05) is 30.3 Å². The second-order valence-corrected chi connectivity index (χ2v) is 6.45. The van der Waals surface area contributed by atoms with Gasteiger partial charge in [0.25, 0.3) is 5.91 Å². The van der Waals surface area contributed by atoms with Gasteiger partial charge in [0.05, 0.1) is 6.20 Å². The minimum atomic E-state index is -0.704. The van der Waals surface area contributed by atoms with E-state index in [1.54, 1.807) is 6.20 Å². The van der Waals surface area contributed by atoms with Crippen molar-refractivity contribution < 1.29 is 14.0 Å². The molecule has 1 saturated heterocycles. The Hall–Kier alpha value is -2.63. The Bertz CT molecular complexity index is 763. The number of carbonyl (C=O) groups is 2. The molecule has 1 aliphatic heterocycles. The van der Waals surface area contributed by atoms with Crippen LogP contribution in [0.2, 0.25) is 0 Å². The van der Waals surface area contributed by atoms with Crippen molar-refractivity contribution in [2.75, 3.05) is 0 Å². The van der Waals surface area contributed by atoms with Crippen molar-refractivity contribution >= 4 is 11.9 Å². The maximum Gasteiger partial charge on any atom is 0.325 e. The average Bonchev–Trinajstić information content (AvgIpc) is 3.16. The van der Waals surface area contributed by atoms with Crippen LogP contribution in [-0.2, 0) is 11.3 Å². The number of oxazole rings is 1. The van der Waals surface area contributed by atoms with E-state index in [2.05, 4.69) is 10.3 Å². The summed E-state index contributed by atoms with van der Waals surface area (Å²) in [4.78, 5) is 30.5. The summed E-state index contributed by atoms with van der Waals surface area (Å²) in [7, 11) is 0. The number of nitrogens with zero attached hydrogens (tertiary/aromatic N) is 2. The number of hydrogen-bond donors (Lipinski definition) is 1. The Kier molecular flexibility index (Phi) is 3.59. The maximum atomic E-state index is 12.7. The number of carbonyl (C=O) groups excluding carboxylic acids is 2. The number of aromatic nitrogens is 1. The first-order chi connectivity index (χ1) is 11.7. The van der Waals surface area contributed by atoms with Crippen molar-refractivity contribution in [3.05, 3.63) is 42.4 Å². The first-order valence-corrected chi connectivity index (χ1v) is 8.32. The van der Waals surface area contributed by atoms with Crippen LogP contribution >= 0.6 is 0 Å². The lowest BCUT2D eigenvalue weighted by molar-refractivity contribution is -0.133. The molecule has 24 heavy (non-hydrogen) atoms. The number of imide groups is 1. The molecule has 0 radical (unpaired) electrons. The topological polar surface area (TPSA) is 75.4 Å². The normalized spacial score (nSPS) is 19.8. The standard InChI is InChI=1S/C18H19N3O3/c22-16-18(9-5-2-6-10-18)20-17(23)21(16)12-15-19-11-14(24-15)13-7-3-1-4-8-13/h1,3-4,7-8,11H,2,5-6,9-10,12H2,(H,20,23). The van der Waals surface area contributed by atoms with Gasteiger partial charge in [-0.3, -0.25) is 9.69 Å². The molecule has 124 valence electrons. The molecule has 1 aromatic heterocycles. The van der Waals surface area contributed by atoms with Crippen LogP contribution < -0.4 is 5.32 Å². The lowest BCUT2D eigenvalue weighted by Gasteiger charge is -2.30. The van der Waals surface area contributed by atoms with Crippen molar-refractivity contribution in [2.24, 2.45) is 0 Å². The Morgan fingerprint density at radius 3 is 2.62 bits per heavy atom. The third-order valence-electron chi connectivity index (χ3n) is 4.86. The largest absolute Gasteiger partial charge is 0.439 e. The van der Waals surface area contributed by atoms with Gasteiger partial charge < -0.3 is 9.73 Å². The summed E-state index contributed by atoms with van der Waals surface area (Å²) in [5.74, 6) is 0.849. The number of hydrogen-bond acceptors (Lipinski definition) is 4. The Morgan fingerprint density at radius 2 is 1.88 bits per heavy atom. The second-order valence-electron chi connectivity index (χ2n) is 6.45. The van der Waals surface area contributed by atoms with Crippen LogP contribution in [0, 0.1) is 0 Å². The van der Waals surface area contributed by atoms with Crippen LogP contribution in [0.1, 0.15) is 38.0 Å². The highest BCUT2D eigenvalue weighted by molar-refractivity contribution is 6.06. The van der Waals surface area contributed by atoms with E-state index in [4.69, 9.17) is 4.42 Å². The third kappa shape index (κ3) is 2.48. The minimum absolute atomic E-state index is 0.0687. The number of benzene rings is 1. The summed E-state index contributed by atoms with van der Waals surface area (Å²) in [5, 5.41) is 2.90. The molecular formula is C18H19N3O3. The van der Waals surface area contributed by atoms with Crippen molar-refractivity contribution in [1.82, 2.24) is 15.2 Å². The first-order valence-electron chi connectivity index (χ1n) is 8.32. The van der Waals surface area contributed by atoms with Gasteiger partial charge in [0.1, 0.15) is 12.1 Å². The van der Waals surface area contributed by atoms with Gasteiger partial charge in [-0.05, 0) is 12.8 Å². The smallest absolute Gasteiger partial charge is 0.325 e. The molecule has 0 bridgehead atoms. The molecule has 4 rings (SSSR count). The molecule has 0 unspecified atom stereocenters. The molecule has 3 amide bonds. The third-order valence-corrected chi connectivity index (χ3v) is 4.86. The number of rotatable bonds is 3. The van der Waals surface area contributed by atoms with Gasteiger partial charge in [0.2, 0.25) is 5.89 Å². The van der Waals surface area contributed by atoms with E-state index in [0.717, 1.165) is 37.7 Å². The molecule has 6 nitrogen and oxygen atoms in total. The molecule has 2 aromatic rings. The summed E-state index contributed by atoms with van der Waals surface area (Å²) in [6.45, 7) is 0.0687. The number of nitrogens with one attached hydrogen (secondary N) is 1. The lowest BCUT2D eigenvalue weighted by atomic mass is 9.82. The SMILES string of the molecule is O=C1NC2(CCCCC2)C(=O)N1Cc1ncc(-c2ccccc2)o1. The van der Waals surface area contributed by atoms with Gasteiger partial charge in [-0.1, -0.05) is 49.6 Å². The van der Waals surface area contributed by atoms with Crippen LogP contribution in [0.25, 0.3) is 11.3 Å². The number of urea groups is 1. The van der Waals surface area contributed by atoms with Gasteiger partial charge in [-0.15, -0.1) is 0 Å². The van der Waals surface area contributed by atoms with Gasteiger partial charge >= 0.3 is 6.03 Å². The molecule has 1 saturated carbocycles. The van der Waals surface area contributed by atoms with Crippen molar-refractivity contribution in [3.63, 3.8) is 0 Å². The van der Waals surface area contributed by atoms with Crippen molar-refractivity contribution in [1.29, 1.82) is 0 Å². The molecule has 1 spiro atoms. The van der Waals surface area contributed by atoms with Crippen LogP contribution in [0.5, 0.6) is 0 Å². The number of amides is 3. The molecule has 0 atom stereocenters. The monoisotopic (exact) mass is 325 g/mol. The molecule has 1 N–H and O–H groups in total. The predicted molar refractivity (Wildman–Crippen MR) is 86.8 cm³/mol. The van der Waals surface area contributed by atoms with E-state index in [-0.39, 0.29) is 18.5 Å². The zero-order chi connectivity index (χ0) is 16.6. The zero-order valence-electron chi connectivity index (χ0n) is 13.3. The fraction of sp³-hybridized carbons (Fsp3) is 0.389. The van der Waals surface area contributed by atoms with E-state index in [0.29, 0.717) is 11.7 Å². The highest BCUT2D eigenvalue weighted by Gasteiger charge is 2.51. The predicted octanol–water partition coefficient (Wildman–Crippen LogP) is 3.10. The van der Waals surface area contributed by atoms with E-state index in [9.17, 15) is 9.59 Å². The van der Waals surface area contributed by atoms with Crippen LogP contribution in [0.15, 0.2) is 40.9 Å². The molecule has 2 heterocycles. The summed E-state index contributed by atoms with van der Waals surface area (Å²) in [6, 6.07) is 9.27. The van der Waals surface area contributed by atoms with Gasteiger partial charge in [0.15, 0.2) is 5.76 Å². The average molecular weight is 325 g/mol. The summed E-state index contributed by atoms with van der Waals surface area (Å²) >= 11 is 0. The first kappa shape index (κ1) is 14.9. The molecule has 1 aromatic carbocycles. The molecular weight excluding hydrogens is 306 g/mol. The van der Waals surface area contributed by atoms with E-state index >= 15 is 0 Å². The van der Waals surface area contributed by atoms with Crippen LogP contribution in [-0.4, -0.2) is 27.4 Å². The molecule has 1 aliphatic carbocycles. The second kappa shape index (κ2) is 5.78. The minimum Gasteiger partial charge on any atom is -0.439 e. The van der Waals surface area contributed by atoms with Gasteiger partial charge in [-0.25, -0.2) is 9.78 Å². The fourth-order valence-electron chi connectivity index (χ4n) is 3.57. The lowest BCUT2D eigenvalue weighted by Crippen LogP contribution is -2.48. The maximum absolute atomic E-state index is 12.7. The van der Waals surface area contributed by atoms with Crippen molar-refractivity contribution in [3.8, 4) is 11.3 Å². The summed E-state index contributed by atoms with van der Waals surface area (Å²) in [5.41, 5.74) is 0.210. The van der Waals surface area contributed by atoms with Gasteiger partial charge in [0, 0.05) is 5.56 Å². The Balaban J connectivity index is 1.52. The summed E-state index contributed by atoms with van der Waals surface area (Å²) < 4.78 is 5.72. The molecule has 6 heteroatoms. The summed E-state index contributed by atoms with van der Waals surface area (Å²) in [6.07, 6.45) is 6.11. The quantitative estimate of drug-likeness (QED) is 0.880.